The van der Waals surface area contributed by atoms with Crippen molar-refractivity contribution in [1.29, 1.82) is 0 Å². The zero-order valence-corrected chi connectivity index (χ0v) is 30.2. The molecule has 0 spiro atoms. The van der Waals surface area contributed by atoms with Gasteiger partial charge in [0.1, 0.15) is 11.1 Å². The van der Waals surface area contributed by atoms with Crippen LogP contribution in [0, 0.1) is 34.1 Å². The van der Waals surface area contributed by atoms with Gasteiger partial charge in [-0.25, -0.2) is 9.97 Å². The number of benzene rings is 4. The Morgan fingerprint density at radius 1 is 0.620 bits per heavy atom. The van der Waals surface area contributed by atoms with Gasteiger partial charge in [0.2, 0.25) is 0 Å². The number of halogens is 4. The highest BCUT2D eigenvalue weighted by Gasteiger charge is 2.26. The number of hydrogen-bond acceptors (Lipinski definition) is 10. The van der Waals surface area contributed by atoms with Crippen LogP contribution < -0.4 is 0 Å². The highest BCUT2D eigenvalue weighted by molar-refractivity contribution is 9.10. The molecule has 0 saturated heterocycles. The fraction of sp³-hybridized carbons (Fsp3) is 0.0625. The van der Waals surface area contributed by atoms with Crippen LogP contribution in [0.15, 0.2) is 81.7 Å². The predicted molar refractivity (Wildman–Crippen MR) is 196 cm³/mol. The maximum Gasteiger partial charge on any atom is 0.281 e. The first-order valence-corrected chi connectivity index (χ1v) is 16.8. The first-order valence-electron chi connectivity index (χ1n) is 14.4. The molecule has 0 aliphatic carbocycles. The highest BCUT2D eigenvalue weighted by Crippen LogP contribution is 2.38. The van der Waals surface area contributed by atoms with E-state index in [2.05, 4.69) is 62.2 Å². The molecule has 8 rings (SSSR count). The zero-order valence-electron chi connectivity index (χ0n) is 25.5. The van der Waals surface area contributed by atoms with Crippen LogP contribution in [-0.2, 0) is 0 Å². The van der Waals surface area contributed by atoms with E-state index in [1.165, 1.54) is 24.3 Å². The molecule has 0 amide bonds. The molecule has 4 heterocycles. The Bertz CT molecular complexity index is 2720. The molecule has 4 aromatic heterocycles. The fourth-order valence-electron chi connectivity index (χ4n) is 5.60. The molecule has 50 heavy (non-hydrogen) atoms. The van der Waals surface area contributed by atoms with Gasteiger partial charge in [-0.1, -0.05) is 67.2 Å². The van der Waals surface area contributed by atoms with Gasteiger partial charge in [-0.05, 0) is 62.4 Å². The maximum atomic E-state index is 11.5. The van der Waals surface area contributed by atoms with Crippen molar-refractivity contribution >= 4 is 99.8 Å². The van der Waals surface area contributed by atoms with Gasteiger partial charge in [0.15, 0.2) is 22.9 Å². The molecule has 248 valence electrons. The van der Waals surface area contributed by atoms with Gasteiger partial charge in [0, 0.05) is 21.1 Å². The molecule has 0 atom stereocenters. The van der Waals surface area contributed by atoms with Gasteiger partial charge in [-0.15, -0.1) is 20.4 Å². The van der Waals surface area contributed by atoms with Crippen molar-refractivity contribution < 1.29 is 9.85 Å². The molecule has 0 aliphatic rings. The Labute approximate surface area is 307 Å². The standard InChI is InChI=1S/2C16H9BrClN5O2/c1-8-15-20-21-16(14-10(18)3-2-4-13(14)23(24)25)22(15)12-6-5-9(17)7-11(12)19-8;1-8-15-20-21-16(14-10(18)3-2-4-12(14)23(24)25)22(15)13-7-9(17)5-6-11(13)19-8/h2*2-7H,1H3. The van der Waals surface area contributed by atoms with Crippen LogP contribution in [0.1, 0.15) is 11.4 Å². The third-order valence-electron chi connectivity index (χ3n) is 7.73. The fourth-order valence-corrected chi connectivity index (χ4v) is 6.80. The smallest absolute Gasteiger partial charge is 0.272 e. The molecule has 0 saturated carbocycles. The average Bonchev–Trinajstić information content (AvgIpc) is 3.72. The summed E-state index contributed by atoms with van der Waals surface area (Å²) in [7, 11) is 0. The zero-order chi connectivity index (χ0) is 35.4. The molecule has 0 unspecified atom stereocenters. The molecule has 18 heteroatoms. The van der Waals surface area contributed by atoms with Gasteiger partial charge in [-0.2, -0.15) is 0 Å². The van der Waals surface area contributed by atoms with Gasteiger partial charge in [-0.3, -0.25) is 29.0 Å². The quantitative estimate of drug-likeness (QED) is 0.123. The summed E-state index contributed by atoms with van der Waals surface area (Å²) in [4.78, 5) is 31.0. The van der Waals surface area contributed by atoms with Crippen LogP contribution in [-0.4, -0.2) is 49.0 Å². The molecule has 0 aliphatic heterocycles. The lowest BCUT2D eigenvalue weighted by atomic mass is 10.1. The lowest BCUT2D eigenvalue weighted by molar-refractivity contribution is -0.384. The predicted octanol–water partition coefficient (Wildman–Crippen LogP) is 9.15. The largest absolute Gasteiger partial charge is 0.281 e. The Balaban J connectivity index is 0.000000157. The first kappa shape index (κ1) is 33.3. The molecule has 0 bridgehead atoms. The van der Waals surface area contributed by atoms with Gasteiger partial charge >= 0.3 is 0 Å². The summed E-state index contributed by atoms with van der Waals surface area (Å²) < 4.78 is 5.22. The molecule has 8 aromatic rings. The Morgan fingerprint density at radius 3 is 1.64 bits per heavy atom. The Kier molecular flexibility index (Phi) is 8.63. The maximum absolute atomic E-state index is 11.5. The number of rotatable bonds is 4. The van der Waals surface area contributed by atoms with Crippen LogP contribution in [0.25, 0.3) is 56.1 Å². The van der Waals surface area contributed by atoms with E-state index in [0.717, 1.165) is 31.0 Å². The average molecular weight is 837 g/mol. The molecule has 0 N–H and O–H groups in total. The lowest BCUT2D eigenvalue weighted by Crippen LogP contribution is -2.00. The van der Waals surface area contributed by atoms with Gasteiger partial charge in [0.25, 0.3) is 11.4 Å². The molecule has 0 radical (unpaired) electrons. The summed E-state index contributed by atoms with van der Waals surface area (Å²) >= 11 is 19.4. The lowest BCUT2D eigenvalue weighted by Gasteiger charge is -2.08. The van der Waals surface area contributed by atoms with Crippen molar-refractivity contribution in [3.8, 4) is 22.8 Å². The van der Waals surface area contributed by atoms with E-state index >= 15 is 0 Å². The highest BCUT2D eigenvalue weighted by atomic mass is 79.9. The van der Waals surface area contributed by atoms with E-state index in [1.807, 2.05) is 50.2 Å². The minimum Gasteiger partial charge on any atom is -0.272 e. The number of aryl methyl sites for hydroxylation is 2. The van der Waals surface area contributed by atoms with E-state index in [1.54, 1.807) is 20.9 Å². The van der Waals surface area contributed by atoms with Crippen molar-refractivity contribution in [1.82, 2.24) is 39.2 Å². The van der Waals surface area contributed by atoms with Crippen LogP contribution >= 0.6 is 55.1 Å². The second-order valence-electron chi connectivity index (χ2n) is 10.8. The Hall–Kier alpha value is -5.16. The van der Waals surface area contributed by atoms with Crippen molar-refractivity contribution in [3.05, 3.63) is 123 Å². The van der Waals surface area contributed by atoms with Gasteiger partial charge < -0.3 is 0 Å². The van der Waals surface area contributed by atoms with Crippen LogP contribution in [0.4, 0.5) is 11.4 Å². The van der Waals surface area contributed by atoms with Crippen molar-refractivity contribution in [2.24, 2.45) is 0 Å². The molecule has 0 fully saturated rings. The summed E-state index contributed by atoms with van der Waals surface area (Å²) in [6.07, 6.45) is 0. The minimum absolute atomic E-state index is 0.124. The summed E-state index contributed by atoms with van der Waals surface area (Å²) in [6, 6.07) is 20.2. The summed E-state index contributed by atoms with van der Waals surface area (Å²) in [5.41, 5.74) is 5.50. The first-order chi connectivity index (χ1) is 23.9. The van der Waals surface area contributed by atoms with Crippen LogP contribution in [0.5, 0.6) is 0 Å². The number of aromatic nitrogens is 8. The van der Waals surface area contributed by atoms with E-state index < -0.39 is 9.85 Å². The number of hydrogen-bond donors (Lipinski definition) is 0. The molecule has 4 aromatic carbocycles. The summed E-state index contributed by atoms with van der Waals surface area (Å²) in [6.45, 7) is 3.63. The summed E-state index contributed by atoms with van der Waals surface area (Å²) in [5.74, 6) is 0.617. The van der Waals surface area contributed by atoms with Gasteiger partial charge in [0.05, 0.1) is 53.3 Å². The normalized spacial score (nSPS) is 11.3. The van der Waals surface area contributed by atoms with E-state index in [-0.39, 0.29) is 32.5 Å². The molecular formula is C32H18Br2Cl2N10O4. The van der Waals surface area contributed by atoms with E-state index in [9.17, 15) is 20.2 Å². The second-order valence-corrected chi connectivity index (χ2v) is 13.5. The van der Waals surface area contributed by atoms with Crippen molar-refractivity contribution in [3.63, 3.8) is 0 Å². The summed E-state index contributed by atoms with van der Waals surface area (Å²) in [5, 5.41) is 40.1. The number of nitro groups is 2. The minimum atomic E-state index is -0.478. The topological polar surface area (TPSA) is 172 Å². The monoisotopic (exact) mass is 834 g/mol. The SMILES string of the molecule is Cc1nc2cc(Br)ccc2n2c(-c3c(Cl)cccc3[N+](=O)[O-])nnc12.Cc1nc2ccc(Br)cc2n2c(-c3c(Cl)cccc3[N+](=O)[O-])nnc12. The number of nitrogens with zero attached hydrogens (tertiary/aromatic N) is 10. The molecular weight excluding hydrogens is 819 g/mol. The number of nitro benzene ring substituents is 2. The third kappa shape index (κ3) is 5.69. The third-order valence-corrected chi connectivity index (χ3v) is 9.35. The number of fused-ring (bicyclic) bond motifs is 6. The van der Waals surface area contributed by atoms with Crippen molar-refractivity contribution in [2.75, 3.05) is 0 Å². The Morgan fingerprint density at radius 2 is 1.10 bits per heavy atom. The van der Waals surface area contributed by atoms with E-state index in [0.29, 0.717) is 34.3 Å². The molecule has 14 nitrogen and oxygen atoms in total. The van der Waals surface area contributed by atoms with Crippen LogP contribution in [0.2, 0.25) is 10.0 Å². The van der Waals surface area contributed by atoms with Crippen LogP contribution in [0.3, 0.4) is 0 Å². The van der Waals surface area contributed by atoms with E-state index in [4.69, 9.17) is 23.2 Å². The second kappa shape index (κ2) is 12.9. The van der Waals surface area contributed by atoms with Crippen molar-refractivity contribution in [2.45, 2.75) is 13.8 Å².